The van der Waals surface area contributed by atoms with Gasteiger partial charge < -0.3 is 25.8 Å². The zero-order valence-electron chi connectivity index (χ0n) is 23.7. The molecule has 3 heterocycles. The van der Waals surface area contributed by atoms with Gasteiger partial charge in [-0.1, -0.05) is 43.1 Å². The zero-order chi connectivity index (χ0) is 29.4. The summed E-state index contributed by atoms with van der Waals surface area (Å²) in [5.74, 6) is 0.805. The number of rotatable bonds is 11. The lowest BCUT2D eigenvalue weighted by Crippen LogP contribution is -2.44. The van der Waals surface area contributed by atoms with Gasteiger partial charge in [0, 0.05) is 48.8 Å². The molecule has 2 atom stereocenters. The van der Waals surface area contributed by atoms with Gasteiger partial charge >= 0.3 is 5.97 Å². The summed E-state index contributed by atoms with van der Waals surface area (Å²) in [5.41, 5.74) is 8.38. The Morgan fingerprint density at radius 1 is 1.12 bits per heavy atom. The van der Waals surface area contributed by atoms with Gasteiger partial charge in [0.25, 0.3) is 0 Å². The van der Waals surface area contributed by atoms with E-state index in [0.717, 1.165) is 63.2 Å². The topological polar surface area (TPSA) is 117 Å². The summed E-state index contributed by atoms with van der Waals surface area (Å²) >= 11 is 12.5. The molecule has 0 aliphatic carbocycles. The van der Waals surface area contributed by atoms with Crippen LogP contribution in [0.25, 0.3) is 0 Å². The minimum atomic E-state index is -0.725. The summed E-state index contributed by atoms with van der Waals surface area (Å²) in [5, 5.41) is 13.8. The molecule has 0 saturated carbocycles. The van der Waals surface area contributed by atoms with E-state index in [-0.39, 0.29) is 17.7 Å². The van der Waals surface area contributed by atoms with Gasteiger partial charge in [-0.25, -0.2) is 9.97 Å². The van der Waals surface area contributed by atoms with E-state index in [1.807, 2.05) is 18.2 Å². The first kappa shape index (κ1) is 31.1. The van der Waals surface area contributed by atoms with E-state index in [0.29, 0.717) is 40.6 Å². The maximum Gasteiger partial charge on any atom is 0.306 e. The fraction of sp³-hybridized carbons (Fsp3) is 0.500. The van der Waals surface area contributed by atoms with Crippen LogP contribution in [0.1, 0.15) is 44.6 Å². The first-order valence-corrected chi connectivity index (χ1v) is 15.0. The number of nitrogens with two attached hydrogens (primary N) is 1. The SMILES string of the molecule is CC(CC1CCN(CC(=C/C(C)c2cc(Cl)cc(Cl)c2)/C=C(\N)Oc2cnc(N3CCNCC3)nc2)CC1)C(=O)O. The highest BCUT2D eigenvalue weighted by atomic mass is 35.5. The second-order valence-electron chi connectivity index (χ2n) is 11.0. The van der Waals surface area contributed by atoms with Crippen molar-refractivity contribution >= 4 is 35.1 Å². The van der Waals surface area contributed by atoms with Crippen molar-refractivity contribution in [2.75, 3.05) is 50.7 Å². The molecule has 1 aromatic heterocycles. The largest absolute Gasteiger partial charge is 0.481 e. The van der Waals surface area contributed by atoms with Gasteiger partial charge in [0.2, 0.25) is 5.95 Å². The molecule has 2 unspecified atom stereocenters. The summed E-state index contributed by atoms with van der Waals surface area (Å²) in [4.78, 5) is 24.7. The Morgan fingerprint density at radius 2 is 1.76 bits per heavy atom. The van der Waals surface area contributed by atoms with Crippen molar-refractivity contribution < 1.29 is 14.6 Å². The Kier molecular flexibility index (Phi) is 11.3. The third kappa shape index (κ3) is 9.60. The molecule has 0 spiro atoms. The molecule has 222 valence electrons. The molecule has 11 heteroatoms. The summed E-state index contributed by atoms with van der Waals surface area (Å²) in [6, 6.07) is 5.56. The number of hydrogen-bond acceptors (Lipinski definition) is 8. The molecule has 2 fully saturated rings. The average molecular weight is 604 g/mol. The van der Waals surface area contributed by atoms with E-state index < -0.39 is 5.97 Å². The van der Waals surface area contributed by atoms with E-state index >= 15 is 0 Å². The van der Waals surface area contributed by atoms with Crippen LogP contribution in [0.15, 0.2) is 54.2 Å². The number of halogens is 2. The average Bonchev–Trinajstić information content (AvgIpc) is 2.94. The number of aliphatic carboxylic acids is 1. The zero-order valence-corrected chi connectivity index (χ0v) is 25.2. The van der Waals surface area contributed by atoms with E-state index in [9.17, 15) is 9.90 Å². The van der Waals surface area contributed by atoms with Crippen molar-refractivity contribution in [2.45, 2.75) is 39.0 Å². The number of allylic oxidation sites excluding steroid dienone is 1. The van der Waals surface area contributed by atoms with Crippen molar-refractivity contribution in [1.82, 2.24) is 20.2 Å². The predicted molar refractivity (Wildman–Crippen MR) is 164 cm³/mol. The number of piperidine rings is 1. The van der Waals surface area contributed by atoms with Gasteiger partial charge in [0.05, 0.1) is 18.3 Å². The molecule has 2 aliphatic heterocycles. The molecule has 0 radical (unpaired) electrons. The van der Waals surface area contributed by atoms with Gasteiger partial charge in [0.1, 0.15) is 0 Å². The molecule has 9 nitrogen and oxygen atoms in total. The Labute approximate surface area is 252 Å². The van der Waals surface area contributed by atoms with Crippen LogP contribution in [0.4, 0.5) is 5.95 Å². The lowest BCUT2D eigenvalue weighted by atomic mass is 9.87. The van der Waals surface area contributed by atoms with Crippen LogP contribution in [0.2, 0.25) is 10.0 Å². The number of hydrogen-bond donors (Lipinski definition) is 3. The number of nitrogens with one attached hydrogen (secondary N) is 1. The lowest BCUT2D eigenvalue weighted by molar-refractivity contribution is -0.141. The number of nitrogens with zero attached hydrogens (tertiary/aromatic N) is 4. The highest BCUT2D eigenvalue weighted by Crippen LogP contribution is 2.28. The monoisotopic (exact) mass is 602 g/mol. The van der Waals surface area contributed by atoms with Crippen molar-refractivity contribution in [1.29, 1.82) is 0 Å². The molecule has 1 aromatic carbocycles. The number of aromatic nitrogens is 2. The Balaban J connectivity index is 1.46. The van der Waals surface area contributed by atoms with Gasteiger partial charge in [-0.3, -0.25) is 9.69 Å². The highest BCUT2D eigenvalue weighted by Gasteiger charge is 2.24. The van der Waals surface area contributed by atoms with Gasteiger partial charge in [-0.2, -0.15) is 0 Å². The number of benzene rings is 1. The first-order chi connectivity index (χ1) is 19.7. The summed E-state index contributed by atoms with van der Waals surface area (Å²) < 4.78 is 5.91. The van der Waals surface area contributed by atoms with E-state index in [2.05, 4.69) is 38.1 Å². The van der Waals surface area contributed by atoms with Crippen molar-refractivity contribution in [3.8, 4) is 5.75 Å². The van der Waals surface area contributed by atoms with Crippen LogP contribution < -0.4 is 20.7 Å². The number of ether oxygens (including phenoxy) is 1. The molecule has 4 N–H and O–H groups in total. The number of carbonyl (C=O) groups is 1. The van der Waals surface area contributed by atoms with Gasteiger partial charge in [0.15, 0.2) is 11.6 Å². The standard InChI is InChI=1S/C30H40Cl2N6O3/c1-20(24-14-25(31)16-26(32)15-24)11-23(19-37-7-3-22(4-8-37)12-21(2)29(39)40)13-28(33)41-27-17-35-30(36-18-27)38-9-5-34-6-10-38/h11,13-18,20-22,34H,3-10,12,19,33H2,1-2H3,(H,39,40)/b23-11+,28-13+. The Hall–Kier alpha value is -2.85. The lowest BCUT2D eigenvalue weighted by Gasteiger charge is -2.33. The van der Waals surface area contributed by atoms with Crippen LogP contribution in [0.3, 0.4) is 0 Å². The molecule has 2 saturated heterocycles. The van der Waals surface area contributed by atoms with Crippen molar-refractivity contribution in [3.05, 3.63) is 69.8 Å². The smallest absolute Gasteiger partial charge is 0.306 e. The summed E-state index contributed by atoms with van der Waals surface area (Å²) in [6.45, 7) is 9.89. The molecule has 0 bridgehead atoms. The van der Waals surface area contributed by atoms with Crippen LogP contribution >= 0.6 is 23.2 Å². The van der Waals surface area contributed by atoms with Crippen molar-refractivity contribution in [2.24, 2.45) is 17.6 Å². The Morgan fingerprint density at radius 3 is 2.37 bits per heavy atom. The number of carboxylic acid groups (broad SMARTS) is 1. The number of carboxylic acids is 1. The molecule has 2 aromatic rings. The van der Waals surface area contributed by atoms with E-state index in [1.54, 1.807) is 25.4 Å². The number of likely N-dealkylation sites (tertiary alicyclic amines) is 1. The van der Waals surface area contributed by atoms with Gasteiger partial charge in [-0.15, -0.1) is 0 Å². The number of anilines is 1. The summed E-state index contributed by atoms with van der Waals surface area (Å²) in [7, 11) is 0. The molecule has 2 aliphatic rings. The maximum absolute atomic E-state index is 11.3. The fourth-order valence-electron chi connectivity index (χ4n) is 5.38. The van der Waals surface area contributed by atoms with Crippen LogP contribution in [0.5, 0.6) is 5.75 Å². The first-order valence-electron chi connectivity index (χ1n) is 14.2. The van der Waals surface area contributed by atoms with Crippen LogP contribution in [-0.4, -0.2) is 71.8 Å². The normalized spacial score (nSPS) is 19.2. The second kappa shape index (κ2) is 14.9. The van der Waals surface area contributed by atoms with Crippen molar-refractivity contribution in [3.63, 3.8) is 0 Å². The second-order valence-corrected chi connectivity index (χ2v) is 11.9. The fourth-order valence-corrected chi connectivity index (χ4v) is 5.92. The minimum absolute atomic E-state index is 0.0286. The quantitative estimate of drug-likeness (QED) is 0.243. The van der Waals surface area contributed by atoms with Gasteiger partial charge in [-0.05, 0) is 73.5 Å². The molecular weight excluding hydrogens is 563 g/mol. The van der Waals surface area contributed by atoms with E-state index in [1.165, 1.54) is 0 Å². The Bertz CT molecular complexity index is 1200. The van der Waals surface area contributed by atoms with E-state index in [4.69, 9.17) is 33.7 Å². The molecule has 0 amide bonds. The molecular formula is C30H40Cl2N6O3. The third-order valence-corrected chi connectivity index (χ3v) is 8.11. The number of piperazine rings is 1. The van der Waals surface area contributed by atoms with Crippen LogP contribution in [-0.2, 0) is 4.79 Å². The molecule has 4 rings (SSSR count). The van der Waals surface area contributed by atoms with Crippen LogP contribution in [0, 0.1) is 11.8 Å². The maximum atomic E-state index is 11.3. The predicted octanol–water partition coefficient (Wildman–Crippen LogP) is 4.92. The molecule has 41 heavy (non-hydrogen) atoms. The summed E-state index contributed by atoms with van der Waals surface area (Å²) in [6.07, 6.45) is 9.95. The highest BCUT2D eigenvalue weighted by molar-refractivity contribution is 6.34. The third-order valence-electron chi connectivity index (χ3n) is 7.67. The minimum Gasteiger partial charge on any atom is -0.481 e.